The second-order valence-corrected chi connectivity index (χ2v) is 10.9. The van der Waals surface area contributed by atoms with Crippen LogP contribution < -0.4 is 33.5 Å². The van der Waals surface area contributed by atoms with Crippen molar-refractivity contribution in [2.24, 2.45) is 22.5 Å². The molecule has 14 nitrogen and oxygen atoms in total. The first-order chi connectivity index (χ1) is 21.6. The van der Waals surface area contributed by atoms with E-state index in [2.05, 4.69) is 31.1 Å². The minimum atomic E-state index is -0.634. The average molecular weight is 611 g/mol. The molecule has 5 rings (SSSR count). The fourth-order valence-corrected chi connectivity index (χ4v) is 5.82. The number of amidine groups is 1. The zero-order chi connectivity index (χ0) is 32.2. The van der Waals surface area contributed by atoms with Crippen molar-refractivity contribution in [2.45, 2.75) is 52.4 Å². The number of benzene rings is 2. The lowest BCUT2D eigenvalue weighted by molar-refractivity contribution is -0.134. The molecule has 1 atom stereocenters. The van der Waals surface area contributed by atoms with Crippen LogP contribution in [0.3, 0.4) is 0 Å². The van der Waals surface area contributed by atoms with Gasteiger partial charge in [-0.2, -0.15) is 5.10 Å². The van der Waals surface area contributed by atoms with Crippen LogP contribution in [0.1, 0.15) is 79.3 Å². The molecule has 45 heavy (non-hydrogen) atoms. The molecule has 0 radical (unpaired) electrons. The third-order valence-corrected chi connectivity index (χ3v) is 8.15. The summed E-state index contributed by atoms with van der Waals surface area (Å²) in [7, 11) is 0. The van der Waals surface area contributed by atoms with Crippen LogP contribution in [0.5, 0.6) is 0 Å². The fourth-order valence-electron chi connectivity index (χ4n) is 5.82. The van der Waals surface area contributed by atoms with Crippen LogP contribution >= 0.6 is 0 Å². The first kappa shape index (κ1) is 30.8. The molecule has 1 unspecified atom stereocenters. The lowest BCUT2D eigenvalue weighted by atomic mass is 9.97. The molecule has 14 heteroatoms. The summed E-state index contributed by atoms with van der Waals surface area (Å²) in [5, 5.41) is 9.54. The van der Waals surface area contributed by atoms with Crippen molar-refractivity contribution in [3.63, 3.8) is 0 Å². The molecule has 0 spiro atoms. The lowest BCUT2D eigenvalue weighted by Gasteiger charge is -2.18. The van der Waals surface area contributed by atoms with Crippen molar-refractivity contribution in [1.29, 1.82) is 0 Å². The Morgan fingerprint density at radius 3 is 2.47 bits per heavy atom. The molecule has 0 fully saturated rings. The Bertz CT molecular complexity index is 1770. The van der Waals surface area contributed by atoms with Crippen molar-refractivity contribution in [3.05, 3.63) is 105 Å². The van der Waals surface area contributed by atoms with E-state index in [1.807, 2.05) is 37.3 Å². The van der Waals surface area contributed by atoms with E-state index in [-0.39, 0.29) is 29.7 Å². The van der Waals surface area contributed by atoms with Gasteiger partial charge < -0.3 is 32.5 Å². The van der Waals surface area contributed by atoms with Crippen LogP contribution in [0.25, 0.3) is 0 Å². The number of carbonyl (C=O) groups excluding carboxylic acids is 4. The summed E-state index contributed by atoms with van der Waals surface area (Å²) in [6, 6.07) is 10.6. The van der Waals surface area contributed by atoms with Gasteiger partial charge in [-0.15, -0.1) is 0 Å². The number of nitrogens with zero attached hydrogens (tertiary/aromatic N) is 4. The van der Waals surface area contributed by atoms with Crippen LogP contribution in [0.4, 0.5) is 0 Å². The number of nitrogens with two attached hydrogens (primary N) is 3. The van der Waals surface area contributed by atoms with E-state index >= 15 is 0 Å². The van der Waals surface area contributed by atoms with Gasteiger partial charge in [0.2, 0.25) is 11.6 Å². The summed E-state index contributed by atoms with van der Waals surface area (Å²) < 4.78 is 0. The fraction of sp³-hybridized carbons (Fsp3) is 0.258. The van der Waals surface area contributed by atoms with E-state index in [1.165, 1.54) is 19.3 Å². The smallest absolute Gasteiger partial charge is 0.270 e. The maximum absolute atomic E-state index is 13.2. The molecular formula is C31H34N10O4. The van der Waals surface area contributed by atoms with Gasteiger partial charge in [-0.3, -0.25) is 19.2 Å². The van der Waals surface area contributed by atoms with Crippen molar-refractivity contribution in [1.82, 2.24) is 30.9 Å². The van der Waals surface area contributed by atoms with E-state index in [1.54, 1.807) is 4.90 Å². The summed E-state index contributed by atoms with van der Waals surface area (Å²) >= 11 is 0. The molecule has 232 valence electrons. The van der Waals surface area contributed by atoms with Crippen LogP contribution in [0, 0.1) is 6.92 Å². The van der Waals surface area contributed by atoms with Gasteiger partial charge >= 0.3 is 0 Å². The number of ketones is 2. The number of allylic oxidation sites excluding steroid dienone is 1. The topological polar surface area (TPSA) is 224 Å². The van der Waals surface area contributed by atoms with Gasteiger partial charge in [-0.25, -0.2) is 15.8 Å². The molecule has 1 aromatic heterocycles. The Balaban J connectivity index is 1.21. The Morgan fingerprint density at radius 1 is 1.04 bits per heavy atom. The van der Waals surface area contributed by atoms with Crippen molar-refractivity contribution >= 4 is 29.2 Å². The van der Waals surface area contributed by atoms with Gasteiger partial charge in [-0.1, -0.05) is 30.3 Å². The minimum Gasteiger partial charge on any atom is -0.403 e. The number of hydrazone groups is 1. The molecule has 2 amide bonds. The standard InChI is InChI=1S/C31H34N10O4/c1-16-21-7-8-24(23(21)6-5-22(16)29(39-33)40-34)38-31(45)26-10-25(36-15-37-26)30(44)35-12-18-3-4-19-13-41(14-20(19)9-18)27(11-32)28(43)17(2)42/h3-6,9-11,15,24H,7-8,12-14,32-34H2,1-2H3,(H,35,44)(H,38,45)(H,39,40)/b27-11-. The molecule has 1 aliphatic carbocycles. The Morgan fingerprint density at radius 2 is 1.78 bits per heavy atom. The van der Waals surface area contributed by atoms with Gasteiger partial charge in [0.05, 0.1) is 6.04 Å². The van der Waals surface area contributed by atoms with Crippen LogP contribution in [0.15, 0.2) is 59.7 Å². The highest BCUT2D eigenvalue weighted by Crippen LogP contribution is 2.35. The van der Waals surface area contributed by atoms with Gasteiger partial charge in [-0.05, 0) is 53.1 Å². The summed E-state index contributed by atoms with van der Waals surface area (Å²) in [5.41, 5.74) is 15.1. The van der Waals surface area contributed by atoms with Crippen molar-refractivity contribution in [2.75, 3.05) is 0 Å². The zero-order valence-electron chi connectivity index (χ0n) is 24.9. The number of hydrazine groups is 1. The van der Waals surface area contributed by atoms with Gasteiger partial charge in [0.15, 0.2) is 5.84 Å². The highest BCUT2D eigenvalue weighted by Gasteiger charge is 2.29. The van der Waals surface area contributed by atoms with Gasteiger partial charge in [0.1, 0.15) is 23.4 Å². The molecular weight excluding hydrogens is 576 g/mol. The maximum Gasteiger partial charge on any atom is 0.270 e. The third-order valence-electron chi connectivity index (χ3n) is 8.15. The first-order valence-electron chi connectivity index (χ1n) is 14.3. The van der Waals surface area contributed by atoms with Crippen LogP contribution in [0.2, 0.25) is 0 Å². The second kappa shape index (κ2) is 12.9. The number of Topliss-reactive ketones (excluding diaryl/α,β-unsaturated/α-hetero) is 2. The monoisotopic (exact) mass is 610 g/mol. The number of nitrogens with one attached hydrogen (secondary N) is 3. The molecule has 2 heterocycles. The maximum atomic E-state index is 13.2. The van der Waals surface area contributed by atoms with Gasteiger partial charge in [0, 0.05) is 44.4 Å². The zero-order valence-corrected chi connectivity index (χ0v) is 24.9. The predicted molar refractivity (Wildman–Crippen MR) is 165 cm³/mol. The molecule has 2 aromatic carbocycles. The lowest BCUT2D eigenvalue weighted by Crippen LogP contribution is -2.33. The normalized spacial score (nSPS) is 15.7. The first-order valence-corrected chi connectivity index (χ1v) is 14.3. The molecule has 0 bridgehead atoms. The van der Waals surface area contributed by atoms with Crippen molar-refractivity contribution < 1.29 is 19.2 Å². The molecule has 2 aliphatic rings. The van der Waals surface area contributed by atoms with E-state index in [0.717, 1.165) is 51.6 Å². The minimum absolute atomic E-state index is 0.0538. The largest absolute Gasteiger partial charge is 0.403 e. The van der Waals surface area contributed by atoms with Crippen LogP contribution in [-0.2, 0) is 35.6 Å². The Hall–Kier alpha value is -5.63. The summed E-state index contributed by atoms with van der Waals surface area (Å²) in [6.07, 6.45) is 3.79. The number of amides is 2. The van der Waals surface area contributed by atoms with E-state index in [0.29, 0.717) is 25.3 Å². The predicted octanol–water partition coefficient (Wildman–Crippen LogP) is 0.490. The molecule has 9 N–H and O–H groups in total. The quantitative estimate of drug-likeness (QED) is 0.0488. The Labute approximate surface area is 259 Å². The van der Waals surface area contributed by atoms with Crippen molar-refractivity contribution in [3.8, 4) is 0 Å². The third kappa shape index (κ3) is 6.21. The van der Waals surface area contributed by atoms with Crippen LogP contribution in [-0.4, -0.2) is 44.1 Å². The summed E-state index contributed by atoms with van der Waals surface area (Å²) in [4.78, 5) is 59.8. The van der Waals surface area contributed by atoms with E-state index in [4.69, 9.17) is 17.4 Å². The highest BCUT2D eigenvalue weighted by molar-refractivity contribution is 6.42. The molecule has 1 aliphatic heterocycles. The van der Waals surface area contributed by atoms with Gasteiger partial charge in [0.25, 0.3) is 11.8 Å². The number of hydrogen-bond donors (Lipinski definition) is 6. The number of carbonyl (C=O) groups is 4. The summed E-state index contributed by atoms with van der Waals surface area (Å²) in [5.74, 6) is 9.26. The molecule has 0 saturated heterocycles. The SMILES string of the molecule is CC(=O)C(=O)/C(=C/N)N1Cc2ccc(CNC(=O)c3cc(C(=O)NC4CCc5c4ccc(/C(=N/N)NN)c5C)ncn3)cc2C1. The number of aromatic nitrogens is 2. The molecule has 0 saturated carbocycles. The highest BCUT2D eigenvalue weighted by atomic mass is 16.2. The Kier molecular flexibility index (Phi) is 8.86. The van der Waals surface area contributed by atoms with E-state index in [9.17, 15) is 19.2 Å². The number of fused-ring (bicyclic) bond motifs is 2. The second-order valence-electron chi connectivity index (χ2n) is 10.9. The average Bonchev–Trinajstić information content (AvgIpc) is 3.65. The number of hydrogen-bond acceptors (Lipinski definition) is 11. The molecule has 3 aromatic rings. The summed E-state index contributed by atoms with van der Waals surface area (Å²) in [6.45, 7) is 4.23. The van der Waals surface area contributed by atoms with E-state index < -0.39 is 23.4 Å². The number of rotatable bonds is 9.